The van der Waals surface area contributed by atoms with Crippen molar-refractivity contribution in [3.8, 4) is 22.6 Å². The molecule has 24 heavy (non-hydrogen) atoms. The van der Waals surface area contributed by atoms with Crippen LogP contribution in [0, 0.1) is 0 Å². The molecule has 120 valence electrons. The molecular formula is C16H7ClO6S. The molecule has 2 aromatic heterocycles. The van der Waals surface area contributed by atoms with E-state index in [9.17, 15) is 19.8 Å². The maximum atomic E-state index is 12.3. The van der Waals surface area contributed by atoms with Crippen LogP contribution in [0.2, 0.25) is 5.02 Å². The fraction of sp³-hybridized carbons (Fsp3) is 0. The quantitative estimate of drug-likeness (QED) is 0.501. The number of phenolic OH excluding ortho intramolecular Hbond substituents is 1. The number of halogens is 1. The van der Waals surface area contributed by atoms with Gasteiger partial charge in [-0.3, -0.25) is 0 Å². The van der Waals surface area contributed by atoms with Gasteiger partial charge in [0, 0.05) is 16.7 Å². The Morgan fingerprint density at radius 1 is 1.00 bits per heavy atom. The van der Waals surface area contributed by atoms with Crippen LogP contribution in [0.25, 0.3) is 32.4 Å². The third-order valence-electron chi connectivity index (χ3n) is 3.56. The molecule has 0 aliphatic heterocycles. The van der Waals surface area contributed by atoms with Gasteiger partial charge in [0.15, 0.2) is 0 Å². The molecule has 0 saturated carbocycles. The standard InChI is InChI=1S/C16H7ClO6S/c17-6-1-2-10-8(3-6)14(19)13(15(20)22-10)7-4-11-12(5-9(7)18)24-16(21)23-11/h1-5,18-19H. The zero-order valence-corrected chi connectivity index (χ0v) is 13.3. The molecule has 6 nitrogen and oxygen atoms in total. The molecule has 8 heteroatoms. The van der Waals surface area contributed by atoms with Crippen LogP contribution in [0.5, 0.6) is 11.5 Å². The molecule has 0 amide bonds. The highest BCUT2D eigenvalue weighted by molar-refractivity contribution is 7.16. The van der Waals surface area contributed by atoms with Gasteiger partial charge in [0.05, 0.1) is 10.1 Å². The largest absolute Gasteiger partial charge is 0.507 e. The van der Waals surface area contributed by atoms with Crippen molar-refractivity contribution in [2.24, 2.45) is 0 Å². The Balaban J connectivity index is 2.11. The summed E-state index contributed by atoms with van der Waals surface area (Å²) < 4.78 is 10.6. The molecule has 0 unspecified atom stereocenters. The highest BCUT2D eigenvalue weighted by Crippen LogP contribution is 2.40. The molecule has 2 aromatic carbocycles. The Morgan fingerprint density at radius 2 is 1.79 bits per heavy atom. The summed E-state index contributed by atoms with van der Waals surface area (Å²) in [6.45, 7) is 0. The van der Waals surface area contributed by atoms with Crippen molar-refractivity contribution in [1.29, 1.82) is 0 Å². The molecule has 0 atom stereocenters. The Morgan fingerprint density at radius 3 is 2.58 bits per heavy atom. The van der Waals surface area contributed by atoms with Crippen molar-refractivity contribution in [1.82, 2.24) is 0 Å². The Kier molecular flexibility index (Phi) is 3.16. The van der Waals surface area contributed by atoms with Crippen molar-refractivity contribution >= 4 is 44.2 Å². The van der Waals surface area contributed by atoms with E-state index in [4.69, 9.17) is 20.4 Å². The first-order valence-corrected chi connectivity index (χ1v) is 7.86. The molecule has 4 rings (SSSR count). The van der Waals surface area contributed by atoms with Crippen LogP contribution in [-0.4, -0.2) is 10.2 Å². The lowest BCUT2D eigenvalue weighted by atomic mass is 10.0. The van der Waals surface area contributed by atoms with Gasteiger partial charge in [-0.1, -0.05) is 22.9 Å². The third kappa shape index (κ3) is 2.17. The van der Waals surface area contributed by atoms with E-state index in [-0.39, 0.29) is 39.2 Å². The summed E-state index contributed by atoms with van der Waals surface area (Å²) in [7, 11) is 0. The van der Waals surface area contributed by atoms with Gasteiger partial charge in [0.25, 0.3) is 0 Å². The molecule has 0 radical (unpaired) electrons. The summed E-state index contributed by atoms with van der Waals surface area (Å²) in [6, 6.07) is 7.03. The molecule has 0 spiro atoms. The summed E-state index contributed by atoms with van der Waals surface area (Å²) in [5, 5.41) is 21.3. The van der Waals surface area contributed by atoms with Gasteiger partial charge in [-0.25, -0.2) is 9.59 Å². The van der Waals surface area contributed by atoms with Crippen molar-refractivity contribution in [3.63, 3.8) is 0 Å². The summed E-state index contributed by atoms with van der Waals surface area (Å²) in [5.74, 6) is -0.667. The first-order valence-electron chi connectivity index (χ1n) is 6.66. The van der Waals surface area contributed by atoms with Crippen LogP contribution in [0.4, 0.5) is 0 Å². The van der Waals surface area contributed by atoms with E-state index in [1.165, 1.54) is 30.3 Å². The lowest BCUT2D eigenvalue weighted by molar-refractivity contribution is 0.463. The predicted molar refractivity (Wildman–Crippen MR) is 90.2 cm³/mol. The minimum Gasteiger partial charge on any atom is -0.507 e. The SMILES string of the molecule is O=c1oc2cc(-c3c(O)c4cc(Cl)ccc4oc3=O)c(O)cc2s1. The van der Waals surface area contributed by atoms with Gasteiger partial charge >= 0.3 is 10.6 Å². The average Bonchev–Trinajstić information content (AvgIpc) is 2.87. The van der Waals surface area contributed by atoms with Gasteiger partial charge in [-0.2, -0.15) is 0 Å². The summed E-state index contributed by atoms with van der Waals surface area (Å²) in [4.78, 5) is 23.1. The van der Waals surface area contributed by atoms with Crippen molar-refractivity contribution < 1.29 is 19.0 Å². The maximum absolute atomic E-state index is 12.3. The Labute approximate surface area is 141 Å². The van der Waals surface area contributed by atoms with Crippen LogP contribution < -0.4 is 10.6 Å². The molecule has 2 heterocycles. The van der Waals surface area contributed by atoms with Crippen LogP contribution in [0.3, 0.4) is 0 Å². The van der Waals surface area contributed by atoms with E-state index >= 15 is 0 Å². The van der Waals surface area contributed by atoms with Crippen molar-refractivity contribution in [2.75, 3.05) is 0 Å². The third-order valence-corrected chi connectivity index (χ3v) is 4.58. The normalized spacial score (nSPS) is 11.4. The highest BCUT2D eigenvalue weighted by atomic mass is 35.5. The fourth-order valence-electron chi connectivity index (χ4n) is 2.51. The number of hydrogen-bond donors (Lipinski definition) is 2. The number of rotatable bonds is 1. The van der Waals surface area contributed by atoms with Crippen molar-refractivity contribution in [3.05, 3.63) is 55.5 Å². The van der Waals surface area contributed by atoms with Gasteiger partial charge < -0.3 is 19.0 Å². The van der Waals surface area contributed by atoms with Gasteiger partial charge in [-0.15, -0.1) is 0 Å². The molecule has 2 N–H and O–H groups in total. The molecule has 0 aliphatic rings. The Bertz CT molecular complexity index is 1230. The molecule has 0 fully saturated rings. The van der Waals surface area contributed by atoms with Crippen LogP contribution in [0.1, 0.15) is 0 Å². The smallest absolute Gasteiger partial charge is 0.396 e. The van der Waals surface area contributed by atoms with Crippen LogP contribution in [-0.2, 0) is 0 Å². The summed E-state index contributed by atoms with van der Waals surface area (Å²) >= 11 is 6.73. The first-order chi connectivity index (χ1) is 11.4. The topological polar surface area (TPSA) is 101 Å². The summed E-state index contributed by atoms with van der Waals surface area (Å²) in [5.41, 5.74) is -0.721. The van der Waals surface area contributed by atoms with Crippen molar-refractivity contribution in [2.45, 2.75) is 0 Å². The number of fused-ring (bicyclic) bond motifs is 2. The van der Waals surface area contributed by atoms with Gasteiger partial charge in [-0.05, 0) is 24.3 Å². The van der Waals surface area contributed by atoms with E-state index in [2.05, 4.69) is 0 Å². The minimum atomic E-state index is -0.838. The summed E-state index contributed by atoms with van der Waals surface area (Å²) in [6.07, 6.45) is 0. The second-order valence-corrected chi connectivity index (χ2v) is 6.44. The monoisotopic (exact) mass is 362 g/mol. The van der Waals surface area contributed by atoms with Crippen LogP contribution in [0.15, 0.2) is 48.8 Å². The number of benzene rings is 2. The van der Waals surface area contributed by atoms with E-state index in [0.29, 0.717) is 9.72 Å². The average molecular weight is 363 g/mol. The highest BCUT2D eigenvalue weighted by Gasteiger charge is 2.20. The van der Waals surface area contributed by atoms with Gasteiger partial charge in [0.2, 0.25) is 0 Å². The second kappa shape index (κ2) is 5.12. The number of phenols is 1. The predicted octanol–water partition coefficient (Wildman–Crippen LogP) is 3.69. The molecule has 0 bridgehead atoms. The lowest BCUT2D eigenvalue weighted by Gasteiger charge is -2.08. The second-order valence-electron chi connectivity index (χ2n) is 5.02. The van der Waals surface area contributed by atoms with E-state index < -0.39 is 10.6 Å². The van der Waals surface area contributed by atoms with E-state index in [1.807, 2.05) is 0 Å². The maximum Gasteiger partial charge on any atom is 0.396 e. The zero-order valence-electron chi connectivity index (χ0n) is 11.7. The molecule has 0 aliphatic carbocycles. The van der Waals surface area contributed by atoms with E-state index in [1.54, 1.807) is 0 Å². The molecule has 4 aromatic rings. The number of hydrogen-bond acceptors (Lipinski definition) is 7. The minimum absolute atomic E-state index is 0.00262. The Hall–Kier alpha value is -2.77. The molecule has 0 saturated heterocycles. The first kappa shape index (κ1) is 14.8. The molecular weight excluding hydrogens is 356 g/mol. The fourth-order valence-corrected chi connectivity index (χ4v) is 3.36. The zero-order chi connectivity index (χ0) is 17.0. The lowest BCUT2D eigenvalue weighted by Crippen LogP contribution is -2.03. The van der Waals surface area contributed by atoms with E-state index in [0.717, 1.165) is 11.3 Å². The van der Waals surface area contributed by atoms with Crippen LogP contribution >= 0.6 is 22.9 Å². The number of aromatic hydroxyl groups is 2. The van der Waals surface area contributed by atoms with Gasteiger partial charge in [0.1, 0.15) is 28.2 Å².